The summed E-state index contributed by atoms with van der Waals surface area (Å²) in [5, 5.41) is 18.6. The molecule has 2 aromatic heterocycles. The maximum absolute atomic E-state index is 13.6. The zero-order chi connectivity index (χ0) is 23.0. The number of aromatic nitrogens is 3. The Balaban J connectivity index is 2.02. The Labute approximate surface area is 191 Å². The van der Waals surface area contributed by atoms with Gasteiger partial charge in [-0.05, 0) is 36.4 Å². The third-order valence-corrected chi connectivity index (χ3v) is 5.52. The topological polar surface area (TPSA) is 82.1 Å². The molecule has 0 aliphatic carbocycles. The molecule has 3 aromatic rings. The van der Waals surface area contributed by atoms with E-state index in [-0.39, 0.29) is 29.3 Å². The second kappa shape index (κ2) is 8.59. The second-order valence-electron chi connectivity index (χ2n) is 7.88. The molecule has 0 bridgehead atoms. The molecule has 0 saturated carbocycles. The SMILES string of the molecule is CCCN1C(=O)C(c2c(C(C)C)nn(-c3cccc(Cl)c3)c2[O-])=C([n+]2ccccc2)C1=O. The van der Waals surface area contributed by atoms with Crippen LogP contribution in [0.1, 0.15) is 44.4 Å². The van der Waals surface area contributed by atoms with Crippen molar-refractivity contribution >= 4 is 34.7 Å². The minimum absolute atomic E-state index is 0.0848. The molecule has 4 rings (SSSR count). The lowest BCUT2D eigenvalue weighted by Crippen LogP contribution is -2.39. The van der Waals surface area contributed by atoms with Gasteiger partial charge in [0.25, 0.3) is 11.6 Å². The van der Waals surface area contributed by atoms with Crippen LogP contribution in [0.25, 0.3) is 17.0 Å². The predicted octanol–water partition coefficient (Wildman–Crippen LogP) is 3.16. The first-order chi connectivity index (χ1) is 15.3. The molecule has 1 aliphatic heterocycles. The number of benzene rings is 1. The number of carbonyl (C=O) groups is 2. The van der Waals surface area contributed by atoms with Gasteiger partial charge in [0, 0.05) is 29.3 Å². The Hall–Kier alpha value is -3.45. The van der Waals surface area contributed by atoms with Crippen LogP contribution in [0.2, 0.25) is 5.02 Å². The highest BCUT2D eigenvalue weighted by molar-refractivity contribution is 6.45. The van der Waals surface area contributed by atoms with Gasteiger partial charge in [-0.1, -0.05) is 44.5 Å². The van der Waals surface area contributed by atoms with Crippen LogP contribution in [0, 0.1) is 0 Å². The number of nitrogens with zero attached hydrogens (tertiary/aromatic N) is 4. The van der Waals surface area contributed by atoms with Crippen molar-refractivity contribution in [3.63, 3.8) is 0 Å². The van der Waals surface area contributed by atoms with Gasteiger partial charge in [0.1, 0.15) is 5.57 Å². The largest absolute Gasteiger partial charge is 0.858 e. The van der Waals surface area contributed by atoms with Crippen LogP contribution in [0.15, 0.2) is 54.9 Å². The molecule has 1 aliphatic rings. The Bertz CT molecular complexity index is 1230. The maximum atomic E-state index is 13.6. The number of pyridine rings is 1. The molecule has 0 radical (unpaired) electrons. The molecule has 8 heteroatoms. The molecule has 1 aromatic carbocycles. The Kier molecular flexibility index (Phi) is 5.84. The van der Waals surface area contributed by atoms with Crippen molar-refractivity contribution in [3.8, 4) is 11.6 Å². The number of hydrogen-bond donors (Lipinski definition) is 0. The summed E-state index contributed by atoms with van der Waals surface area (Å²) in [4.78, 5) is 27.9. The first-order valence-corrected chi connectivity index (χ1v) is 10.9. The lowest BCUT2D eigenvalue weighted by molar-refractivity contribution is -0.576. The minimum atomic E-state index is -0.479. The monoisotopic (exact) mass is 450 g/mol. The average molecular weight is 451 g/mol. The van der Waals surface area contributed by atoms with E-state index in [0.717, 1.165) is 0 Å². The number of carbonyl (C=O) groups excluding carboxylic acids is 2. The summed E-state index contributed by atoms with van der Waals surface area (Å²) >= 11 is 6.12. The molecule has 0 saturated heterocycles. The molecule has 2 amide bonds. The molecule has 164 valence electrons. The average Bonchev–Trinajstić information content (AvgIpc) is 3.23. The fraction of sp³-hybridized carbons (Fsp3) is 0.250. The molecule has 3 heterocycles. The van der Waals surface area contributed by atoms with Crippen LogP contribution in [-0.4, -0.2) is 33.0 Å². The van der Waals surface area contributed by atoms with E-state index in [1.807, 2.05) is 26.8 Å². The van der Waals surface area contributed by atoms with Crippen LogP contribution >= 0.6 is 11.6 Å². The number of amides is 2. The number of halogens is 1. The lowest BCUT2D eigenvalue weighted by Gasteiger charge is -2.15. The fourth-order valence-corrected chi connectivity index (χ4v) is 4.03. The van der Waals surface area contributed by atoms with Crippen molar-refractivity contribution < 1.29 is 19.3 Å². The molecule has 0 fully saturated rings. The van der Waals surface area contributed by atoms with Crippen molar-refractivity contribution in [1.29, 1.82) is 0 Å². The third kappa shape index (κ3) is 3.58. The van der Waals surface area contributed by atoms with Crippen molar-refractivity contribution in [1.82, 2.24) is 14.7 Å². The van der Waals surface area contributed by atoms with E-state index in [2.05, 4.69) is 5.10 Å². The van der Waals surface area contributed by atoms with Crippen molar-refractivity contribution in [3.05, 3.63) is 71.1 Å². The summed E-state index contributed by atoms with van der Waals surface area (Å²) < 4.78 is 2.84. The lowest BCUT2D eigenvalue weighted by atomic mass is 9.98. The van der Waals surface area contributed by atoms with Crippen LogP contribution in [0.5, 0.6) is 5.88 Å². The summed E-state index contributed by atoms with van der Waals surface area (Å²) in [6.07, 6.45) is 3.99. The van der Waals surface area contributed by atoms with E-state index in [9.17, 15) is 14.7 Å². The van der Waals surface area contributed by atoms with Gasteiger partial charge in [-0.3, -0.25) is 14.5 Å². The van der Waals surface area contributed by atoms with Gasteiger partial charge < -0.3 is 5.11 Å². The third-order valence-electron chi connectivity index (χ3n) is 5.28. The Morgan fingerprint density at radius 1 is 1.09 bits per heavy atom. The van der Waals surface area contributed by atoms with E-state index in [1.54, 1.807) is 53.4 Å². The minimum Gasteiger partial charge on any atom is -0.858 e. The predicted molar refractivity (Wildman–Crippen MR) is 119 cm³/mol. The smallest absolute Gasteiger partial charge is 0.326 e. The van der Waals surface area contributed by atoms with Gasteiger partial charge in [-0.15, -0.1) is 0 Å². The molecule has 0 spiro atoms. The van der Waals surface area contributed by atoms with Gasteiger partial charge >= 0.3 is 5.91 Å². The van der Waals surface area contributed by atoms with E-state index < -0.39 is 17.7 Å². The van der Waals surface area contributed by atoms with Crippen molar-refractivity contribution in [2.24, 2.45) is 0 Å². The normalized spacial score (nSPS) is 14.2. The number of imide groups is 1. The molecular weight excluding hydrogens is 428 g/mol. The summed E-state index contributed by atoms with van der Waals surface area (Å²) in [5.41, 5.74) is 1.35. The Morgan fingerprint density at radius 2 is 1.81 bits per heavy atom. The van der Waals surface area contributed by atoms with E-state index in [0.29, 0.717) is 22.8 Å². The molecular formula is C24H23ClN4O3. The number of rotatable bonds is 6. The molecule has 0 N–H and O–H groups in total. The van der Waals surface area contributed by atoms with E-state index in [1.165, 1.54) is 9.58 Å². The highest BCUT2D eigenvalue weighted by atomic mass is 35.5. The van der Waals surface area contributed by atoms with Crippen molar-refractivity contribution in [2.45, 2.75) is 33.1 Å². The molecule has 32 heavy (non-hydrogen) atoms. The van der Waals surface area contributed by atoms with Gasteiger partial charge in [0.15, 0.2) is 12.4 Å². The highest BCUT2D eigenvalue weighted by Crippen LogP contribution is 2.39. The van der Waals surface area contributed by atoms with Crippen LogP contribution in [-0.2, 0) is 9.59 Å². The molecule has 0 unspecified atom stereocenters. The summed E-state index contributed by atoms with van der Waals surface area (Å²) in [6.45, 7) is 5.96. The highest BCUT2D eigenvalue weighted by Gasteiger charge is 2.46. The first kappa shape index (κ1) is 21.8. The Morgan fingerprint density at radius 3 is 2.44 bits per heavy atom. The van der Waals surface area contributed by atoms with Gasteiger partial charge in [0.2, 0.25) is 0 Å². The van der Waals surface area contributed by atoms with Gasteiger partial charge in [-0.25, -0.2) is 4.68 Å². The molecule has 0 atom stereocenters. The summed E-state index contributed by atoms with van der Waals surface area (Å²) in [5.74, 6) is -1.52. The van der Waals surface area contributed by atoms with Crippen LogP contribution in [0.3, 0.4) is 0 Å². The van der Waals surface area contributed by atoms with Crippen molar-refractivity contribution in [2.75, 3.05) is 6.54 Å². The second-order valence-corrected chi connectivity index (χ2v) is 8.32. The maximum Gasteiger partial charge on any atom is 0.326 e. The van der Waals surface area contributed by atoms with E-state index >= 15 is 0 Å². The zero-order valence-corrected chi connectivity index (χ0v) is 18.8. The molecule has 7 nitrogen and oxygen atoms in total. The van der Waals surface area contributed by atoms with Crippen LogP contribution < -0.4 is 9.67 Å². The van der Waals surface area contributed by atoms with Gasteiger partial charge in [-0.2, -0.15) is 9.67 Å². The number of hydrogen-bond acceptors (Lipinski definition) is 4. The zero-order valence-electron chi connectivity index (χ0n) is 18.1. The summed E-state index contributed by atoms with van der Waals surface area (Å²) in [6, 6.07) is 12.1. The standard InChI is InChI=1S/C24H23ClN4O3/c1-4-11-28-22(30)19(21(24(28)32)27-12-6-5-7-13-27)18-20(15(2)3)26-29(23(18)31)17-10-8-9-16(25)14-17/h5-10,12-15H,4,11H2,1-3H3. The first-order valence-electron chi connectivity index (χ1n) is 10.5. The van der Waals surface area contributed by atoms with Crippen LogP contribution in [0.4, 0.5) is 0 Å². The fourth-order valence-electron chi connectivity index (χ4n) is 3.84. The summed E-state index contributed by atoms with van der Waals surface area (Å²) in [7, 11) is 0. The van der Waals surface area contributed by atoms with E-state index in [4.69, 9.17) is 11.6 Å². The van der Waals surface area contributed by atoms with Gasteiger partial charge in [0.05, 0.1) is 11.4 Å². The quantitative estimate of drug-likeness (QED) is 0.426.